The molecular weight excluding hydrogens is 252 g/mol. The van der Waals surface area contributed by atoms with E-state index in [2.05, 4.69) is 0 Å². The van der Waals surface area contributed by atoms with Gasteiger partial charge in [0.15, 0.2) is 5.79 Å². The fraction of sp³-hybridized carbons (Fsp3) is 0.571. The summed E-state index contributed by atoms with van der Waals surface area (Å²) >= 11 is 5.99. The minimum atomic E-state index is -0.553. The minimum Gasteiger partial charge on any atom is -0.369 e. The number of ether oxygens (including phenoxy) is 3. The maximum absolute atomic E-state index is 5.99. The summed E-state index contributed by atoms with van der Waals surface area (Å²) in [5.74, 6) is -0.553. The van der Waals surface area contributed by atoms with Gasteiger partial charge in [0.25, 0.3) is 0 Å². The summed E-state index contributed by atoms with van der Waals surface area (Å²) in [6.45, 7) is 6.77. The highest BCUT2D eigenvalue weighted by Crippen LogP contribution is 2.36. The molecule has 3 nitrogen and oxygen atoms in total. The molecule has 0 saturated carbocycles. The summed E-state index contributed by atoms with van der Waals surface area (Å²) in [6.07, 6.45) is 0. The van der Waals surface area contributed by atoms with Crippen LogP contribution < -0.4 is 0 Å². The van der Waals surface area contributed by atoms with Crippen molar-refractivity contribution in [2.45, 2.75) is 32.2 Å². The Hall–Kier alpha value is -0.610. The van der Waals surface area contributed by atoms with Gasteiger partial charge in [-0.25, -0.2) is 0 Å². The molecule has 4 heteroatoms. The first-order chi connectivity index (χ1) is 8.38. The Morgan fingerprint density at radius 3 is 2.33 bits per heavy atom. The van der Waals surface area contributed by atoms with Gasteiger partial charge >= 0.3 is 0 Å². The zero-order chi connectivity index (χ0) is 13.4. The van der Waals surface area contributed by atoms with Gasteiger partial charge in [0.05, 0.1) is 13.2 Å². The molecule has 1 aromatic rings. The molecule has 2 rings (SSSR count). The van der Waals surface area contributed by atoms with Crippen LogP contribution >= 0.6 is 11.6 Å². The second-order valence-electron chi connectivity index (χ2n) is 5.13. The molecule has 1 heterocycles. The van der Waals surface area contributed by atoms with Crippen LogP contribution in [0.5, 0.6) is 0 Å². The summed E-state index contributed by atoms with van der Waals surface area (Å²) < 4.78 is 17.1. The number of hydrogen-bond donors (Lipinski definition) is 0. The highest BCUT2D eigenvalue weighted by Gasteiger charge is 2.42. The van der Waals surface area contributed by atoms with Crippen LogP contribution in [0.1, 0.15) is 25.0 Å². The van der Waals surface area contributed by atoms with Gasteiger partial charge in [-0.1, -0.05) is 17.7 Å². The Kier molecular flexibility index (Phi) is 3.70. The van der Waals surface area contributed by atoms with Crippen LogP contribution in [0.15, 0.2) is 18.2 Å². The molecule has 0 amide bonds. The summed E-state index contributed by atoms with van der Waals surface area (Å²) in [5, 5.41) is 0.723. The molecular formula is C14H19ClO3. The third-order valence-corrected chi connectivity index (χ3v) is 3.61. The molecule has 0 aromatic heterocycles. The van der Waals surface area contributed by atoms with E-state index >= 15 is 0 Å². The first-order valence-corrected chi connectivity index (χ1v) is 6.36. The van der Waals surface area contributed by atoms with Crippen molar-refractivity contribution in [1.29, 1.82) is 0 Å². The fourth-order valence-electron chi connectivity index (χ4n) is 2.19. The van der Waals surface area contributed by atoms with Crippen LogP contribution in [0.4, 0.5) is 0 Å². The smallest absolute Gasteiger partial charge is 0.163 e. The molecule has 1 saturated heterocycles. The summed E-state index contributed by atoms with van der Waals surface area (Å²) in [7, 11) is 1.68. The normalized spacial score (nSPS) is 21.8. The molecule has 0 spiro atoms. The zero-order valence-corrected chi connectivity index (χ0v) is 12.0. The van der Waals surface area contributed by atoms with Gasteiger partial charge in [-0.2, -0.15) is 0 Å². The maximum atomic E-state index is 5.99. The van der Waals surface area contributed by atoms with E-state index in [0.717, 1.165) is 16.1 Å². The van der Waals surface area contributed by atoms with Crippen LogP contribution in [-0.4, -0.2) is 26.1 Å². The first kappa shape index (κ1) is 13.8. The van der Waals surface area contributed by atoms with Crippen molar-refractivity contribution >= 4 is 11.6 Å². The maximum Gasteiger partial charge on any atom is 0.163 e. The lowest BCUT2D eigenvalue weighted by molar-refractivity contribution is -0.310. The van der Waals surface area contributed by atoms with Crippen LogP contribution in [0, 0.1) is 6.92 Å². The van der Waals surface area contributed by atoms with E-state index < -0.39 is 11.4 Å². The molecule has 1 aliphatic heterocycles. The van der Waals surface area contributed by atoms with Crippen LogP contribution in [0.3, 0.4) is 0 Å². The number of methoxy groups -OCH3 is 1. The molecule has 100 valence electrons. The number of halogens is 1. The van der Waals surface area contributed by atoms with Crippen LogP contribution in [0.2, 0.25) is 5.02 Å². The van der Waals surface area contributed by atoms with Gasteiger partial charge in [0.2, 0.25) is 0 Å². The lowest BCUT2D eigenvalue weighted by Gasteiger charge is -2.43. The van der Waals surface area contributed by atoms with Gasteiger partial charge < -0.3 is 14.2 Å². The second-order valence-corrected chi connectivity index (χ2v) is 5.57. The third-order valence-electron chi connectivity index (χ3n) is 3.38. The number of hydrogen-bond acceptors (Lipinski definition) is 3. The monoisotopic (exact) mass is 270 g/mol. The van der Waals surface area contributed by atoms with E-state index in [9.17, 15) is 0 Å². The lowest BCUT2D eigenvalue weighted by Crippen LogP contribution is -2.50. The van der Waals surface area contributed by atoms with Crippen molar-refractivity contribution in [3.63, 3.8) is 0 Å². The predicted octanol–water partition coefficient (Wildman–Crippen LogP) is 3.27. The van der Waals surface area contributed by atoms with Crippen molar-refractivity contribution < 1.29 is 14.2 Å². The van der Waals surface area contributed by atoms with Crippen molar-refractivity contribution in [2.24, 2.45) is 0 Å². The van der Waals surface area contributed by atoms with E-state index in [1.54, 1.807) is 7.11 Å². The molecule has 1 aliphatic rings. The molecule has 18 heavy (non-hydrogen) atoms. The molecule has 0 radical (unpaired) electrons. The van der Waals surface area contributed by atoms with Gasteiger partial charge in [-0.05, 0) is 44.0 Å². The highest BCUT2D eigenvalue weighted by atomic mass is 35.5. The van der Waals surface area contributed by atoms with Crippen molar-refractivity contribution in [3.8, 4) is 0 Å². The average molecular weight is 271 g/mol. The Morgan fingerprint density at radius 2 is 1.83 bits per heavy atom. The molecule has 0 aliphatic carbocycles. The molecule has 0 bridgehead atoms. The Labute approximate surface area is 113 Å². The van der Waals surface area contributed by atoms with Crippen molar-refractivity contribution in [2.75, 3.05) is 20.3 Å². The predicted molar refractivity (Wildman–Crippen MR) is 70.9 cm³/mol. The van der Waals surface area contributed by atoms with E-state index in [1.807, 2.05) is 39.0 Å². The summed E-state index contributed by atoms with van der Waals surface area (Å²) in [6, 6.07) is 5.77. The topological polar surface area (TPSA) is 27.7 Å². The van der Waals surface area contributed by atoms with E-state index in [4.69, 9.17) is 25.8 Å². The number of aryl methyl sites for hydroxylation is 1. The highest BCUT2D eigenvalue weighted by molar-refractivity contribution is 6.30. The van der Waals surface area contributed by atoms with Crippen LogP contribution in [-0.2, 0) is 19.8 Å². The van der Waals surface area contributed by atoms with Gasteiger partial charge in [0.1, 0.15) is 5.60 Å². The number of rotatable bonds is 2. The van der Waals surface area contributed by atoms with Gasteiger partial charge in [-0.3, -0.25) is 0 Å². The van der Waals surface area contributed by atoms with Gasteiger partial charge in [-0.15, -0.1) is 0 Å². The second kappa shape index (κ2) is 4.82. The van der Waals surface area contributed by atoms with E-state index in [0.29, 0.717) is 13.2 Å². The molecule has 0 N–H and O–H groups in total. The summed E-state index contributed by atoms with van der Waals surface area (Å²) in [4.78, 5) is 0. The van der Waals surface area contributed by atoms with E-state index in [1.165, 1.54) is 0 Å². The largest absolute Gasteiger partial charge is 0.369 e. The van der Waals surface area contributed by atoms with Crippen molar-refractivity contribution in [3.05, 3.63) is 34.3 Å². The molecule has 1 aromatic carbocycles. The van der Waals surface area contributed by atoms with Crippen LogP contribution in [0.25, 0.3) is 0 Å². The molecule has 0 unspecified atom stereocenters. The molecule has 0 atom stereocenters. The Balaban J connectivity index is 2.33. The summed E-state index contributed by atoms with van der Waals surface area (Å²) in [5.41, 5.74) is 1.59. The third kappa shape index (κ3) is 2.54. The Bertz CT molecular complexity index is 433. The first-order valence-electron chi connectivity index (χ1n) is 5.98. The zero-order valence-electron chi connectivity index (χ0n) is 11.2. The fourth-order valence-corrected chi connectivity index (χ4v) is 2.41. The minimum absolute atomic E-state index is 0.471. The van der Waals surface area contributed by atoms with E-state index in [-0.39, 0.29) is 0 Å². The SMILES string of the molecule is COC1(c2ccc(Cl)cc2C)COC(C)(C)OC1. The quantitative estimate of drug-likeness (QED) is 0.825. The molecule has 1 fully saturated rings. The number of benzene rings is 1. The van der Waals surface area contributed by atoms with Crippen molar-refractivity contribution in [1.82, 2.24) is 0 Å². The average Bonchev–Trinajstić information content (AvgIpc) is 2.31. The standard InChI is InChI=1S/C14H19ClO3/c1-10-7-11(15)5-6-12(10)14(16-4)8-17-13(2,3)18-9-14/h5-7H,8-9H2,1-4H3. The Morgan fingerprint density at radius 1 is 1.22 bits per heavy atom. The lowest BCUT2D eigenvalue weighted by atomic mass is 9.90. The van der Waals surface area contributed by atoms with Gasteiger partial charge in [0, 0.05) is 12.1 Å².